The topological polar surface area (TPSA) is 101 Å². The van der Waals surface area contributed by atoms with Crippen molar-refractivity contribution in [1.82, 2.24) is 9.88 Å². The molecule has 5 rings (SSSR count). The number of nitrogen functional groups attached to an aromatic ring is 1. The number of methoxy groups -OCH3 is 1. The predicted octanol–water partition coefficient (Wildman–Crippen LogP) is 4.50. The van der Waals surface area contributed by atoms with Crippen molar-refractivity contribution in [3.63, 3.8) is 0 Å². The van der Waals surface area contributed by atoms with Crippen molar-refractivity contribution in [2.24, 2.45) is 5.73 Å². The second-order valence-electron chi connectivity index (χ2n) is 10.3. The summed E-state index contributed by atoms with van der Waals surface area (Å²) in [5.74, 6) is 1.02. The highest BCUT2D eigenvalue weighted by Gasteiger charge is 2.28. The molecule has 0 bridgehead atoms. The van der Waals surface area contributed by atoms with Gasteiger partial charge in [-0.05, 0) is 72.7 Å². The second kappa shape index (κ2) is 11.7. The van der Waals surface area contributed by atoms with Crippen LogP contribution in [0.3, 0.4) is 0 Å². The lowest BCUT2D eigenvalue weighted by molar-refractivity contribution is 0.0879. The van der Waals surface area contributed by atoms with E-state index in [0.717, 1.165) is 85.7 Å². The highest BCUT2D eigenvalue weighted by molar-refractivity contribution is 5.77. The summed E-state index contributed by atoms with van der Waals surface area (Å²) < 4.78 is 5.13. The standard InChI is InChI=1S/C30H38N6O2/c1-38-30(37)36(26-11-9-25(31)10-12-26)21-22-5-4-6-23(19-22)24-8-13-28(27(32)20-24)34-15-17-35(18-16-34)29-7-2-3-14-33-29/h2-8,13-14,19-20,25-26H,9-12,15-18,21,31-32H2,1H3. The molecule has 0 atom stereocenters. The summed E-state index contributed by atoms with van der Waals surface area (Å²) in [7, 11) is 1.45. The average molecular weight is 515 g/mol. The van der Waals surface area contributed by atoms with E-state index in [9.17, 15) is 4.79 Å². The molecule has 1 saturated carbocycles. The third-order valence-corrected chi connectivity index (χ3v) is 7.83. The molecule has 1 aliphatic heterocycles. The molecule has 1 aliphatic carbocycles. The largest absolute Gasteiger partial charge is 0.453 e. The minimum absolute atomic E-state index is 0.152. The molecule has 8 heteroatoms. The monoisotopic (exact) mass is 514 g/mol. The molecule has 8 nitrogen and oxygen atoms in total. The Morgan fingerprint density at radius 1 is 0.947 bits per heavy atom. The zero-order chi connectivity index (χ0) is 26.5. The summed E-state index contributed by atoms with van der Waals surface area (Å²) in [5, 5.41) is 0. The number of benzene rings is 2. The molecule has 2 aromatic carbocycles. The van der Waals surface area contributed by atoms with Crippen molar-refractivity contribution in [3.8, 4) is 11.1 Å². The van der Waals surface area contributed by atoms with Gasteiger partial charge in [0.2, 0.25) is 0 Å². The summed E-state index contributed by atoms with van der Waals surface area (Å²) in [6, 6.07) is 21.1. The highest BCUT2D eigenvalue weighted by Crippen LogP contribution is 2.32. The van der Waals surface area contributed by atoms with Gasteiger partial charge < -0.3 is 30.9 Å². The van der Waals surface area contributed by atoms with Gasteiger partial charge in [0.1, 0.15) is 5.82 Å². The first-order valence-electron chi connectivity index (χ1n) is 13.5. The summed E-state index contributed by atoms with van der Waals surface area (Å²) >= 11 is 0. The first kappa shape index (κ1) is 25.9. The van der Waals surface area contributed by atoms with E-state index in [1.54, 1.807) is 0 Å². The van der Waals surface area contributed by atoms with Crippen LogP contribution in [0, 0.1) is 0 Å². The Kier molecular flexibility index (Phi) is 7.98. The average Bonchev–Trinajstić information content (AvgIpc) is 2.97. The molecule has 1 aromatic heterocycles. The number of nitrogens with zero attached hydrogens (tertiary/aromatic N) is 4. The summed E-state index contributed by atoms with van der Waals surface area (Å²) in [6.45, 7) is 4.11. The number of carbonyl (C=O) groups excluding carboxylic acids is 1. The van der Waals surface area contributed by atoms with Crippen LogP contribution >= 0.6 is 0 Å². The van der Waals surface area contributed by atoms with Crippen molar-refractivity contribution in [2.45, 2.75) is 44.3 Å². The van der Waals surface area contributed by atoms with Gasteiger partial charge in [-0.25, -0.2) is 9.78 Å². The Morgan fingerprint density at radius 3 is 2.37 bits per heavy atom. The van der Waals surface area contributed by atoms with Crippen molar-refractivity contribution in [1.29, 1.82) is 0 Å². The Balaban J connectivity index is 1.27. The molecule has 2 aliphatic rings. The Bertz CT molecular complexity index is 1220. The van der Waals surface area contributed by atoms with Crippen molar-refractivity contribution in [2.75, 3.05) is 48.8 Å². The number of piperazine rings is 1. The van der Waals surface area contributed by atoms with Crippen LogP contribution in [0.15, 0.2) is 66.9 Å². The maximum Gasteiger partial charge on any atom is 0.410 e. The van der Waals surface area contributed by atoms with E-state index in [1.807, 2.05) is 29.3 Å². The fraction of sp³-hybridized carbons (Fsp3) is 0.400. The van der Waals surface area contributed by atoms with Crippen molar-refractivity contribution in [3.05, 3.63) is 72.4 Å². The maximum atomic E-state index is 12.6. The van der Waals surface area contributed by atoms with E-state index in [0.29, 0.717) is 6.54 Å². The number of hydrogen-bond donors (Lipinski definition) is 2. The molecule has 1 amide bonds. The first-order chi connectivity index (χ1) is 18.5. The lowest BCUT2D eigenvalue weighted by atomic mass is 9.90. The van der Waals surface area contributed by atoms with Crippen LogP contribution in [0.5, 0.6) is 0 Å². The van der Waals surface area contributed by atoms with Crippen molar-refractivity contribution >= 4 is 23.3 Å². The van der Waals surface area contributed by atoms with Gasteiger partial charge in [-0.3, -0.25) is 0 Å². The van der Waals surface area contributed by atoms with E-state index in [-0.39, 0.29) is 18.2 Å². The van der Waals surface area contributed by atoms with E-state index < -0.39 is 0 Å². The van der Waals surface area contributed by atoms with Crippen LogP contribution < -0.4 is 21.3 Å². The minimum atomic E-state index is -0.285. The zero-order valence-corrected chi connectivity index (χ0v) is 22.1. The number of pyridine rings is 1. The number of rotatable bonds is 6. The van der Waals surface area contributed by atoms with Gasteiger partial charge in [0, 0.05) is 51.0 Å². The number of ether oxygens (including phenoxy) is 1. The molecule has 2 heterocycles. The lowest BCUT2D eigenvalue weighted by Gasteiger charge is -2.37. The Hall–Kier alpha value is -3.78. The third kappa shape index (κ3) is 5.86. The Morgan fingerprint density at radius 2 is 1.68 bits per heavy atom. The molecule has 1 saturated heterocycles. The van der Waals surface area contributed by atoms with Crippen LogP contribution in [0.1, 0.15) is 31.2 Å². The van der Waals surface area contributed by atoms with Gasteiger partial charge >= 0.3 is 6.09 Å². The van der Waals surface area contributed by atoms with E-state index in [2.05, 4.69) is 57.2 Å². The number of anilines is 3. The highest BCUT2D eigenvalue weighted by atomic mass is 16.5. The fourth-order valence-corrected chi connectivity index (χ4v) is 5.66. The molecule has 0 unspecified atom stereocenters. The SMILES string of the molecule is COC(=O)N(Cc1cccc(-c2ccc(N3CCN(c4ccccn4)CC3)c(N)c2)c1)C1CCC(N)CC1. The third-order valence-electron chi connectivity index (χ3n) is 7.83. The van der Waals surface area contributed by atoms with E-state index in [4.69, 9.17) is 16.2 Å². The van der Waals surface area contributed by atoms with Gasteiger partial charge in [0.05, 0.1) is 18.5 Å². The van der Waals surface area contributed by atoms with E-state index in [1.165, 1.54) is 7.11 Å². The molecule has 2 fully saturated rings. The lowest BCUT2D eigenvalue weighted by Crippen LogP contribution is -2.47. The van der Waals surface area contributed by atoms with Crippen LogP contribution in [0.2, 0.25) is 0 Å². The molecular formula is C30H38N6O2. The maximum absolute atomic E-state index is 12.6. The summed E-state index contributed by atoms with van der Waals surface area (Å²) in [6.07, 6.45) is 5.23. The number of hydrogen-bond acceptors (Lipinski definition) is 7. The molecule has 38 heavy (non-hydrogen) atoms. The fourth-order valence-electron chi connectivity index (χ4n) is 5.66. The van der Waals surface area contributed by atoms with Crippen LogP contribution in [0.4, 0.5) is 22.0 Å². The minimum Gasteiger partial charge on any atom is -0.453 e. The van der Waals surface area contributed by atoms with Gasteiger partial charge in [-0.1, -0.05) is 30.3 Å². The molecule has 200 valence electrons. The molecule has 0 radical (unpaired) electrons. The smallest absolute Gasteiger partial charge is 0.410 e. The number of aromatic nitrogens is 1. The predicted molar refractivity (Wildman–Crippen MR) is 153 cm³/mol. The zero-order valence-electron chi connectivity index (χ0n) is 22.1. The van der Waals surface area contributed by atoms with Gasteiger partial charge in [0.25, 0.3) is 0 Å². The van der Waals surface area contributed by atoms with Crippen molar-refractivity contribution < 1.29 is 9.53 Å². The summed E-state index contributed by atoms with van der Waals surface area (Å²) in [4.78, 5) is 23.6. The normalized spacial score (nSPS) is 19.7. The Labute approximate surface area is 225 Å². The molecule has 0 spiro atoms. The molecule has 4 N–H and O–H groups in total. The number of amides is 1. The number of carbonyl (C=O) groups is 1. The quantitative estimate of drug-likeness (QED) is 0.467. The first-order valence-corrected chi connectivity index (χ1v) is 13.5. The van der Waals surface area contributed by atoms with E-state index >= 15 is 0 Å². The summed E-state index contributed by atoms with van der Waals surface area (Å²) in [5.41, 5.74) is 17.7. The van der Waals surface area contributed by atoms with Crippen LogP contribution in [-0.4, -0.2) is 61.3 Å². The van der Waals surface area contributed by atoms with Crippen LogP contribution in [-0.2, 0) is 11.3 Å². The van der Waals surface area contributed by atoms with Gasteiger partial charge in [-0.15, -0.1) is 0 Å². The second-order valence-corrected chi connectivity index (χ2v) is 10.3. The van der Waals surface area contributed by atoms with Crippen LogP contribution in [0.25, 0.3) is 11.1 Å². The van der Waals surface area contributed by atoms with Gasteiger partial charge in [0.15, 0.2) is 0 Å². The molecule has 3 aromatic rings. The number of nitrogens with two attached hydrogens (primary N) is 2. The van der Waals surface area contributed by atoms with Gasteiger partial charge in [-0.2, -0.15) is 0 Å². The molecular weight excluding hydrogens is 476 g/mol.